The second-order valence-corrected chi connectivity index (χ2v) is 7.99. The van der Waals surface area contributed by atoms with Gasteiger partial charge in [0.05, 0.1) is 11.1 Å². The molecule has 2 aliphatic rings. The molecule has 1 aliphatic heterocycles. The number of hydrogen-bond acceptors (Lipinski definition) is 6. The summed E-state index contributed by atoms with van der Waals surface area (Å²) in [5.74, 6) is -4.18. The quantitative estimate of drug-likeness (QED) is 0.433. The van der Waals surface area contributed by atoms with Gasteiger partial charge in [-0.1, -0.05) is 54.6 Å². The molecule has 8 nitrogen and oxygen atoms in total. The fourth-order valence-electron chi connectivity index (χ4n) is 4.32. The average molecular weight is 464 g/mol. The highest BCUT2D eigenvalue weighted by molar-refractivity contribution is 6.33. The molecule has 0 saturated heterocycles. The number of ketones is 2. The number of carbonyl (C=O) groups excluding carboxylic acids is 6. The van der Waals surface area contributed by atoms with Gasteiger partial charge in [0.25, 0.3) is 17.7 Å². The minimum atomic E-state index is -0.872. The Morgan fingerprint density at radius 3 is 1.74 bits per heavy atom. The summed E-state index contributed by atoms with van der Waals surface area (Å²) >= 11 is 0. The van der Waals surface area contributed by atoms with E-state index in [1.165, 1.54) is 42.5 Å². The molecule has 1 aliphatic carbocycles. The van der Waals surface area contributed by atoms with Gasteiger partial charge in [0.1, 0.15) is 11.4 Å². The number of allylic oxidation sites excluding steroid dienone is 2. The molecule has 3 aromatic carbocycles. The zero-order valence-electron chi connectivity index (χ0n) is 18.3. The summed E-state index contributed by atoms with van der Waals surface area (Å²) in [6.07, 6.45) is 0.112. The van der Waals surface area contributed by atoms with E-state index in [0.717, 1.165) is 0 Å². The van der Waals surface area contributed by atoms with Crippen molar-refractivity contribution in [3.05, 3.63) is 118 Å². The lowest BCUT2D eigenvalue weighted by atomic mass is 9.88. The maximum atomic E-state index is 13.6. The van der Waals surface area contributed by atoms with Crippen LogP contribution in [0.3, 0.4) is 0 Å². The second kappa shape index (κ2) is 8.11. The Bertz CT molecular complexity index is 1500. The van der Waals surface area contributed by atoms with Gasteiger partial charge in [0, 0.05) is 16.7 Å². The molecule has 0 atom stereocenters. The summed E-state index contributed by atoms with van der Waals surface area (Å²) in [5, 5.41) is 0. The molecule has 0 unspecified atom stereocenters. The van der Waals surface area contributed by atoms with E-state index in [9.17, 15) is 28.8 Å². The Morgan fingerprint density at radius 1 is 0.714 bits per heavy atom. The smallest absolute Gasteiger partial charge is 0.266 e. The first-order chi connectivity index (χ1) is 16.9. The van der Waals surface area contributed by atoms with E-state index in [1.807, 2.05) is 0 Å². The monoisotopic (exact) mass is 464 g/mol. The molecular weight excluding hydrogens is 448 g/mol. The van der Waals surface area contributed by atoms with Crippen LogP contribution in [0.25, 0.3) is 0 Å². The number of carbonyl (C=O) groups is 6. The van der Waals surface area contributed by atoms with Crippen LogP contribution in [-0.4, -0.2) is 45.5 Å². The molecule has 4 amide bonds. The van der Waals surface area contributed by atoms with Crippen molar-refractivity contribution in [2.45, 2.75) is 6.92 Å². The molecule has 0 aromatic heterocycles. The highest BCUT2D eigenvalue weighted by atomic mass is 16.2. The molecule has 0 saturated carbocycles. The van der Waals surface area contributed by atoms with Gasteiger partial charge in [0.2, 0.25) is 18.0 Å². The van der Waals surface area contributed by atoms with Gasteiger partial charge >= 0.3 is 0 Å². The number of nitrogens with zero attached hydrogens (tertiary/aromatic N) is 2. The van der Waals surface area contributed by atoms with Gasteiger partial charge < -0.3 is 0 Å². The van der Waals surface area contributed by atoms with Crippen molar-refractivity contribution in [1.29, 1.82) is 0 Å². The molecule has 0 fully saturated rings. The van der Waals surface area contributed by atoms with Gasteiger partial charge in [0.15, 0.2) is 0 Å². The summed E-state index contributed by atoms with van der Waals surface area (Å²) < 4.78 is 0. The van der Waals surface area contributed by atoms with Gasteiger partial charge in [-0.3, -0.25) is 28.8 Å². The van der Waals surface area contributed by atoms with Crippen LogP contribution in [0.5, 0.6) is 0 Å². The predicted octanol–water partition coefficient (Wildman–Crippen LogP) is 3.18. The molecule has 5 rings (SSSR count). The van der Waals surface area contributed by atoms with Crippen LogP contribution in [0.2, 0.25) is 0 Å². The minimum Gasteiger partial charge on any atom is -0.287 e. The lowest BCUT2D eigenvalue weighted by Gasteiger charge is -2.29. The summed E-state index contributed by atoms with van der Waals surface area (Å²) in [4.78, 5) is 80.5. The lowest BCUT2D eigenvalue weighted by molar-refractivity contribution is -0.114. The Hall–Kier alpha value is -4.98. The molecule has 0 bridgehead atoms. The molecule has 1 heterocycles. The summed E-state index contributed by atoms with van der Waals surface area (Å²) in [7, 11) is 0. The molecule has 35 heavy (non-hydrogen) atoms. The maximum Gasteiger partial charge on any atom is 0.266 e. The van der Waals surface area contributed by atoms with Crippen LogP contribution in [0.4, 0.5) is 0 Å². The highest BCUT2D eigenvalue weighted by Crippen LogP contribution is 2.35. The third-order valence-corrected chi connectivity index (χ3v) is 6.03. The zero-order chi connectivity index (χ0) is 24.9. The van der Waals surface area contributed by atoms with Crippen LogP contribution in [0.1, 0.15) is 57.4 Å². The molecule has 0 N–H and O–H groups in total. The Labute approximate surface area is 199 Å². The fraction of sp³-hybridized carbons (Fsp3) is 0.0370. The maximum absolute atomic E-state index is 13.6. The highest BCUT2D eigenvalue weighted by Gasteiger charge is 2.47. The first kappa shape index (κ1) is 21.8. The third-order valence-electron chi connectivity index (χ3n) is 6.03. The van der Waals surface area contributed by atoms with Crippen molar-refractivity contribution in [1.82, 2.24) is 9.80 Å². The van der Waals surface area contributed by atoms with Crippen LogP contribution in [-0.2, 0) is 4.79 Å². The molecule has 0 spiro atoms. The van der Waals surface area contributed by atoms with Gasteiger partial charge in [-0.05, 0) is 30.7 Å². The van der Waals surface area contributed by atoms with Crippen molar-refractivity contribution >= 4 is 35.7 Å². The SMILES string of the molecule is Cc1ccccc1C(=O)N(C=O)C1=C(N2C(=O)c3ccccc3C2=O)C(=O)c2ccccc2C1=O. The van der Waals surface area contributed by atoms with E-state index < -0.39 is 40.7 Å². The number of fused-ring (bicyclic) bond motifs is 2. The van der Waals surface area contributed by atoms with Crippen molar-refractivity contribution in [3.63, 3.8) is 0 Å². The summed E-state index contributed by atoms with van der Waals surface area (Å²) in [6, 6.07) is 18.2. The Balaban J connectivity index is 1.77. The second-order valence-electron chi connectivity index (χ2n) is 7.99. The van der Waals surface area contributed by atoms with Gasteiger partial charge in [-0.25, -0.2) is 9.80 Å². The number of amides is 4. The van der Waals surface area contributed by atoms with Crippen molar-refractivity contribution in [2.24, 2.45) is 0 Å². The normalized spacial score (nSPS) is 14.7. The van der Waals surface area contributed by atoms with E-state index in [4.69, 9.17) is 0 Å². The lowest BCUT2D eigenvalue weighted by Crippen LogP contribution is -2.44. The zero-order valence-corrected chi connectivity index (χ0v) is 18.3. The number of aryl methyl sites for hydroxylation is 1. The molecule has 8 heteroatoms. The Kier molecular flexibility index (Phi) is 5.06. The van der Waals surface area contributed by atoms with E-state index in [1.54, 1.807) is 37.3 Å². The summed E-state index contributed by atoms with van der Waals surface area (Å²) in [6.45, 7) is 1.65. The van der Waals surface area contributed by atoms with Crippen molar-refractivity contribution in [2.75, 3.05) is 0 Å². The summed E-state index contributed by atoms with van der Waals surface area (Å²) in [5.41, 5.74) is -0.618. The largest absolute Gasteiger partial charge is 0.287 e. The first-order valence-corrected chi connectivity index (χ1v) is 10.6. The predicted molar refractivity (Wildman–Crippen MR) is 122 cm³/mol. The van der Waals surface area contributed by atoms with E-state index >= 15 is 0 Å². The van der Waals surface area contributed by atoms with E-state index in [-0.39, 0.29) is 34.2 Å². The average Bonchev–Trinajstić information content (AvgIpc) is 3.13. The third kappa shape index (κ3) is 3.15. The van der Waals surface area contributed by atoms with Crippen LogP contribution in [0, 0.1) is 6.92 Å². The topological polar surface area (TPSA) is 109 Å². The molecule has 3 aromatic rings. The van der Waals surface area contributed by atoms with Gasteiger partial charge in [-0.2, -0.15) is 0 Å². The van der Waals surface area contributed by atoms with Crippen LogP contribution < -0.4 is 0 Å². The van der Waals surface area contributed by atoms with Gasteiger partial charge in [-0.15, -0.1) is 0 Å². The van der Waals surface area contributed by atoms with E-state index in [0.29, 0.717) is 15.4 Å². The first-order valence-electron chi connectivity index (χ1n) is 10.6. The number of rotatable bonds is 4. The number of Topliss-reactive ketones (excluding diaryl/α,β-unsaturated/α-hetero) is 2. The number of imide groups is 2. The van der Waals surface area contributed by atoms with E-state index in [2.05, 4.69) is 0 Å². The number of benzene rings is 3. The fourth-order valence-corrected chi connectivity index (χ4v) is 4.32. The van der Waals surface area contributed by atoms with Crippen LogP contribution in [0.15, 0.2) is 84.2 Å². The molecular formula is C27H16N2O6. The molecule has 170 valence electrons. The van der Waals surface area contributed by atoms with Crippen molar-refractivity contribution in [3.8, 4) is 0 Å². The van der Waals surface area contributed by atoms with Crippen molar-refractivity contribution < 1.29 is 28.8 Å². The molecule has 0 radical (unpaired) electrons. The minimum absolute atomic E-state index is 0.0398. The van der Waals surface area contributed by atoms with Crippen LogP contribution >= 0.6 is 0 Å². The standard InChI is InChI=1S/C27H16N2O6/c1-15-8-2-3-9-16(15)25(33)28(14-30)21-22(24(32)18-11-5-4-10-17(18)23(21)31)29-26(34)19-12-6-7-13-20(19)27(29)35/h2-14H,1H3. The Morgan fingerprint density at radius 2 is 1.20 bits per heavy atom. The number of hydrogen-bond donors (Lipinski definition) is 0.